The zero-order valence-electron chi connectivity index (χ0n) is 19.4. The second-order valence-corrected chi connectivity index (χ2v) is 9.67. The highest BCUT2D eigenvalue weighted by Crippen LogP contribution is 2.27. The van der Waals surface area contributed by atoms with Gasteiger partial charge in [0.25, 0.3) is 5.91 Å². The fourth-order valence-electron chi connectivity index (χ4n) is 3.38. The van der Waals surface area contributed by atoms with E-state index >= 15 is 0 Å². The smallest absolute Gasteiger partial charge is 0.259 e. The normalized spacial score (nSPS) is 11.1. The molecule has 3 rings (SSSR count). The molecule has 0 bridgehead atoms. The van der Waals surface area contributed by atoms with Gasteiger partial charge in [0.05, 0.1) is 38.3 Å². The number of benzene rings is 3. The van der Waals surface area contributed by atoms with Crippen LogP contribution in [0.1, 0.15) is 27.0 Å². The van der Waals surface area contributed by atoms with Gasteiger partial charge < -0.3 is 14.8 Å². The molecule has 0 aliphatic carbocycles. The van der Waals surface area contributed by atoms with E-state index in [4.69, 9.17) is 9.47 Å². The highest BCUT2D eigenvalue weighted by molar-refractivity contribution is 7.92. The quantitative estimate of drug-likeness (QED) is 0.525. The molecule has 0 aromatic heterocycles. The highest BCUT2D eigenvalue weighted by Gasteiger charge is 2.19. The molecular formula is C25H28N2O5S. The molecular weight excluding hydrogens is 440 g/mol. The number of aryl methyl sites for hydroxylation is 2. The lowest BCUT2D eigenvalue weighted by Gasteiger charge is -2.23. The summed E-state index contributed by atoms with van der Waals surface area (Å²) in [6.45, 7) is 4.06. The second-order valence-electron chi connectivity index (χ2n) is 7.76. The number of hydrogen-bond acceptors (Lipinski definition) is 5. The monoisotopic (exact) mass is 468 g/mol. The summed E-state index contributed by atoms with van der Waals surface area (Å²) in [5, 5.41) is 2.85. The zero-order valence-corrected chi connectivity index (χ0v) is 20.2. The molecule has 3 aromatic carbocycles. The molecule has 7 nitrogen and oxygen atoms in total. The van der Waals surface area contributed by atoms with Gasteiger partial charge in [0.15, 0.2) is 0 Å². The van der Waals surface area contributed by atoms with Crippen molar-refractivity contribution >= 4 is 27.3 Å². The van der Waals surface area contributed by atoms with Crippen LogP contribution in [0.15, 0.2) is 60.7 Å². The van der Waals surface area contributed by atoms with Crippen LogP contribution >= 0.6 is 0 Å². The summed E-state index contributed by atoms with van der Waals surface area (Å²) in [7, 11) is -0.510. The van der Waals surface area contributed by atoms with Crippen LogP contribution in [0.3, 0.4) is 0 Å². The number of nitrogens with one attached hydrogen (secondary N) is 1. The lowest BCUT2D eigenvalue weighted by atomic mass is 10.1. The number of carbonyl (C=O) groups is 1. The lowest BCUT2D eigenvalue weighted by Crippen LogP contribution is -2.29. The molecule has 1 N–H and O–H groups in total. The number of anilines is 2. The maximum Gasteiger partial charge on any atom is 0.259 e. The molecule has 1 amide bonds. The van der Waals surface area contributed by atoms with Crippen LogP contribution in [-0.4, -0.2) is 34.8 Å². The Hall–Kier alpha value is -3.52. The first-order valence-corrected chi connectivity index (χ1v) is 12.1. The van der Waals surface area contributed by atoms with Gasteiger partial charge >= 0.3 is 0 Å². The van der Waals surface area contributed by atoms with E-state index < -0.39 is 10.0 Å². The van der Waals surface area contributed by atoms with Crippen molar-refractivity contribution in [2.24, 2.45) is 0 Å². The number of hydrogen-bond donors (Lipinski definition) is 1. The third-order valence-corrected chi connectivity index (χ3v) is 6.48. The maximum atomic E-state index is 12.9. The van der Waals surface area contributed by atoms with Crippen LogP contribution in [0.5, 0.6) is 11.5 Å². The van der Waals surface area contributed by atoms with Gasteiger partial charge in [-0.3, -0.25) is 9.10 Å². The molecule has 0 saturated carbocycles. The van der Waals surface area contributed by atoms with Gasteiger partial charge in [-0.25, -0.2) is 8.42 Å². The third kappa shape index (κ3) is 5.84. The molecule has 0 spiro atoms. The van der Waals surface area contributed by atoms with Gasteiger partial charge in [-0.2, -0.15) is 0 Å². The van der Waals surface area contributed by atoms with Crippen LogP contribution in [0.25, 0.3) is 0 Å². The van der Waals surface area contributed by atoms with E-state index in [9.17, 15) is 13.2 Å². The minimum Gasteiger partial charge on any atom is -0.497 e. The Balaban J connectivity index is 1.87. The van der Waals surface area contributed by atoms with Crippen LogP contribution in [-0.2, 0) is 16.6 Å². The van der Waals surface area contributed by atoms with E-state index in [1.165, 1.54) is 24.8 Å². The van der Waals surface area contributed by atoms with Crippen molar-refractivity contribution in [3.05, 3.63) is 82.9 Å². The second kappa shape index (κ2) is 9.95. The van der Waals surface area contributed by atoms with Crippen LogP contribution in [0.4, 0.5) is 11.4 Å². The molecule has 0 aliphatic rings. The first-order valence-electron chi connectivity index (χ1n) is 10.3. The Morgan fingerprint density at radius 2 is 1.70 bits per heavy atom. The molecule has 0 radical (unpaired) electrons. The Bertz CT molecular complexity index is 1270. The van der Waals surface area contributed by atoms with E-state index in [1.54, 1.807) is 42.5 Å². The van der Waals surface area contributed by atoms with Gasteiger partial charge in [0, 0.05) is 5.69 Å². The van der Waals surface area contributed by atoms with E-state index in [2.05, 4.69) is 5.32 Å². The average molecular weight is 469 g/mol. The van der Waals surface area contributed by atoms with Crippen LogP contribution in [0.2, 0.25) is 0 Å². The van der Waals surface area contributed by atoms with Crippen molar-refractivity contribution in [2.75, 3.05) is 30.1 Å². The SMILES string of the molecule is COc1ccc(OC)c(C(=O)Nc2cccc(CN(c3ccc(C)c(C)c3)S(C)(=O)=O)c2)c1. The van der Waals surface area contributed by atoms with E-state index in [1.807, 2.05) is 32.0 Å². The van der Waals surface area contributed by atoms with Gasteiger partial charge in [-0.15, -0.1) is 0 Å². The Morgan fingerprint density at radius 1 is 0.939 bits per heavy atom. The van der Waals surface area contributed by atoms with Crippen molar-refractivity contribution in [1.82, 2.24) is 0 Å². The molecule has 0 saturated heterocycles. The van der Waals surface area contributed by atoms with Crippen molar-refractivity contribution in [3.63, 3.8) is 0 Å². The minimum atomic E-state index is -3.53. The summed E-state index contributed by atoms with van der Waals surface area (Å²) in [4.78, 5) is 12.9. The van der Waals surface area contributed by atoms with Gasteiger partial charge in [-0.1, -0.05) is 18.2 Å². The number of amides is 1. The van der Waals surface area contributed by atoms with Gasteiger partial charge in [-0.05, 0) is 73.0 Å². The minimum absolute atomic E-state index is 0.132. The first kappa shape index (κ1) is 24.1. The summed E-state index contributed by atoms with van der Waals surface area (Å²) in [5.41, 5.74) is 4.29. The fourth-order valence-corrected chi connectivity index (χ4v) is 4.26. The van der Waals surface area contributed by atoms with Crippen molar-refractivity contribution in [3.8, 4) is 11.5 Å². The van der Waals surface area contributed by atoms with Crippen molar-refractivity contribution < 1.29 is 22.7 Å². The van der Waals surface area contributed by atoms with Crippen molar-refractivity contribution in [1.29, 1.82) is 0 Å². The summed E-state index contributed by atoms with van der Waals surface area (Å²) >= 11 is 0. The number of rotatable bonds is 8. The topological polar surface area (TPSA) is 84.9 Å². The van der Waals surface area contributed by atoms with Gasteiger partial charge in [0.1, 0.15) is 11.5 Å². The Kier molecular flexibility index (Phi) is 7.28. The predicted molar refractivity (Wildman–Crippen MR) is 131 cm³/mol. The number of sulfonamides is 1. The summed E-state index contributed by atoms with van der Waals surface area (Å²) < 4.78 is 36.9. The fraction of sp³-hybridized carbons (Fsp3) is 0.240. The standard InChI is InChI=1S/C25H28N2O5S/c1-17-9-10-21(13-18(17)2)27(33(5,29)30)16-19-7-6-8-20(14-19)26-25(28)23-15-22(31-3)11-12-24(23)32-4/h6-15H,16H2,1-5H3,(H,26,28). The first-order chi connectivity index (χ1) is 15.6. The molecule has 0 fully saturated rings. The molecule has 0 unspecified atom stereocenters. The average Bonchev–Trinajstić information content (AvgIpc) is 2.78. The Morgan fingerprint density at radius 3 is 2.33 bits per heavy atom. The van der Waals surface area contributed by atoms with E-state index in [-0.39, 0.29) is 12.5 Å². The summed E-state index contributed by atoms with van der Waals surface area (Å²) in [6.07, 6.45) is 1.18. The number of methoxy groups -OCH3 is 2. The molecule has 0 heterocycles. The number of nitrogens with zero attached hydrogens (tertiary/aromatic N) is 1. The maximum absolute atomic E-state index is 12.9. The lowest BCUT2D eigenvalue weighted by molar-refractivity contribution is 0.102. The molecule has 174 valence electrons. The third-order valence-electron chi connectivity index (χ3n) is 5.34. The van der Waals surface area contributed by atoms with Crippen molar-refractivity contribution in [2.45, 2.75) is 20.4 Å². The Labute approximate surface area is 195 Å². The number of ether oxygens (including phenoxy) is 2. The number of carbonyl (C=O) groups excluding carboxylic acids is 1. The van der Waals surface area contributed by atoms with E-state index in [0.29, 0.717) is 28.4 Å². The van der Waals surface area contributed by atoms with Crippen LogP contribution in [0, 0.1) is 13.8 Å². The molecule has 8 heteroatoms. The van der Waals surface area contributed by atoms with Crippen LogP contribution < -0.4 is 19.1 Å². The molecule has 0 atom stereocenters. The predicted octanol–water partition coefficient (Wildman–Crippen LogP) is 4.54. The zero-order chi connectivity index (χ0) is 24.2. The molecule has 3 aromatic rings. The highest BCUT2D eigenvalue weighted by atomic mass is 32.2. The summed E-state index contributed by atoms with van der Waals surface area (Å²) in [5.74, 6) is 0.589. The molecule has 33 heavy (non-hydrogen) atoms. The summed E-state index contributed by atoms with van der Waals surface area (Å²) in [6, 6.07) is 17.6. The largest absolute Gasteiger partial charge is 0.497 e. The van der Waals surface area contributed by atoms with Gasteiger partial charge in [0.2, 0.25) is 10.0 Å². The molecule has 0 aliphatic heterocycles. The van der Waals surface area contributed by atoms with E-state index in [0.717, 1.165) is 16.7 Å².